The van der Waals surface area contributed by atoms with E-state index in [0.717, 1.165) is 0 Å². The monoisotopic (exact) mass is 216 g/mol. The summed E-state index contributed by atoms with van der Waals surface area (Å²) in [5.41, 5.74) is 0. The van der Waals surface area contributed by atoms with Crippen LogP contribution < -0.4 is 4.74 Å². The Labute approximate surface area is 86.3 Å². The van der Waals surface area contributed by atoms with Gasteiger partial charge in [-0.05, 0) is 12.1 Å². The van der Waals surface area contributed by atoms with Crippen molar-refractivity contribution in [2.75, 3.05) is 0 Å². The quantitative estimate of drug-likeness (QED) is 0.823. The Balaban J connectivity index is 2.00. The van der Waals surface area contributed by atoms with Crippen LogP contribution in [0, 0.1) is 5.82 Å². The molecule has 76 valence electrons. The largest absolute Gasteiger partial charge is 0.490 e. The van der Waals surface area contributed by atoms with Gasteiger partial charge < -0.3 is 9.84 Å². The first-order chi connectivity index (χ1) is 6.65. The first-order valence-corrected chi connectivity index (χ1v) is 4.82. The maximum absolute atomic E-state index is 13.0. The van der Waals surface area contributed by atoms with Crippen LogP contribution in [-0.2, 0) is 0 Å². The normalized spacial score (nSPS) is 25.6. The van der Waals surface area contributed by atoms with Gasteiger partial charge in [-0.25, -0.2) is 4.39 Å². The van der Waals surface area contributed by atoms with Gasteiger partial charge >= 0.3 is 0 Å². The zero-order chi connectivity index (χ0) is 10.1. The van der Waals surface area contributed by atoms with E-state index in [4.69, 9.17) is 21.4 Å². The summed E-state index contributed by atoms with van der Waals surface area (Å²) in [6.07, 6.45) is 0.969. The summed E-state index contributed by atoms with van der Waals surface area (Å²) in [5.74, 6) is -0.0205. The van der Waals surface area contributed by atoms with E-state index in [9.17, 15) is 4.39 Å². The molecule has 0 heterocycles. The predicted molar refractivity (Wildman–Crippen MR) is 51.1 cm³/mol. The van der Waals surface area contributed by atoms with Crippen molar-refractivity contribution >= 4 is 11.6 Å². The van der Waals surface area contributed by atoms with Gasteiger partial charge in [0.05, 0.1) is 11.1 Å². The number of hydrogen-bond acceptors (Lipinski definition) is 2. The van der Waals surface area contributed by atoms with E-state index in [1.54, 1.807) is 6.07 Å². The standard InChI is InChI=1S/C10H10ClFO2/c11-9-2-1-7(5-10(9)12)14-8-3-6(13)4-8/h1-2,5-6,8,13H,3-4H2. The minimum Gasteiger partial charge on any atom is -0.490 e. The summed E-state index contributed by atoms with van der Waals surface area (Å²) in [6, 6.07) is 4.34. The fraction of sp³-hybridized carbons (Fsp3) is 0.400. The number of aliphatic hydroxyl groups is 1. The topological polar surface area (TPSA) is 29.5 Å². The molecule has 1 saturated carbocycles. The number of aliphatic hydroxyl groups excluding tert-OH is 1. The van der Waals surface area contributed by atoms with Crippen molar-refractivity contribution in [2.24, 2.45) is 0 Å². The van der Waals surface area contributed by atoms with Crippen LogP contribution in [0.1, 0.15) is 12.8 Å². The van der Waals surface area contributed by atoms with E-state index in [1.165, 1.54) is 12.1 Å². The summed E-state index contributed by atoms with van der Waals surface area (Å²) in [4.78, 5) is 0. The minimum atomic E-state index is -0.482. The molecule has 1 aromatic rings. The van der Waals surface area contributed by atoms with Crippen LogP contribution in [0.3, 0.4) is 0 Å². The molecule has 0 spiro atoms. The third-order valence-electron chi connectivity index (χ3n) is 2.26. The second-order valence-corrected chi connectivity index (χ2v) is 3.85. The van der Waals surface area contributed by atoms with Crippen LogP contribution in [0.2, 0.25) is 5.02 Å². The van der Waals surface area contributed by atoms with Gasteiger partial charge in [0, 0.05) is 18.9 Å². The molecular formula is C10H10ClFO2. The second-order valence-electron chi connectivity index (χ2n) is 3.44. The summed E-state index contributed by atoms with van der Waals surface area (Å²) in [7, 11) is 0. The highest BCUT2D eigenvalue weighted by Gasteiger charge is 2.28. The molecule has 1 aliphatic carbocycles. The maximum Gasteiger partial charge on any atom is 0.145 e. The highest BCUT2D eigenvalue weighted by Crippen LogP contribution is 2.27. The lowest BCUT2D eigenvalue weighted by atomic mass is 9.92. The highest BCUT2D eigenvalue weighted by atomic mass is 35.5. The average Bonchev–Trinajstić information content (AvgIpc) is 2.09. The molecule has 4 heteroatoms. The fourth-order valence-electron chi connectivity index (χ4n) is 1.38. The first-order valence-electron chi connectivity index (χ1n) is 4.45. The first kappa shape index (κ1) is 9.74. The lowest BCUT2D eigenvalue weighted by molar-refractivity contribution is -0.0108. The Hall–Kier alpha value is -0.800. The zero-order valence-electron chi connectivity index (χ0n) is 7.41. The molecule has 0 aromatic heterocycles. The van der Waals surface area contributed by atoms with Gasteiger partial charge in [0.1, 0.15) is 17.7 Å². The Morgan fingerprint density at radius 1 is 1.43 bits per heavy atom. The molecule has 0 radical (unpaired) electrons. The molecule has 2 rings (SSSR count). The van der Waals surface area contributed by atoms with Gasteiger partial charge in [-0.2, -0.15) is 0 Å². The Morgan fingerprint density at radius 2 is 2.14 bits per heavy atom. The van der Waals surface area contributed by atoms with Crippen molar-refractivity contribution in [2.45, 2.75) is 25.0 Å². The van der Waals surface area contributed by atoms with E-state index in [1.807, 2.05) is 0 Å². The third-order valence-corrected chi connectivity index (χ3v) is 2.57. The molecule has 2 nitrogen and oxygen atoms in total. The number of benzene rings is 1. The number of ether oxygens (including phenoxy) is 1. The van der Waals surface area contributed by atoms with Crippen LogP contribution in [0.5, 0.6) is 5.75 Å². The van der Waals surface area contributed by atoms with Crippen LogP contribution in [0.15, 0.2) is 18.2 Å². The smallest absolute Gasteiger partial charge is 0.145 e. The lowest BCUT2D eigenvalue weighted by Crippen LogP contribution is -2.37. The van der Waals surface area contributed by atoms with E-state index in [-0.39, 0.29) is 17.2 Å². The van der Waals surface area contributed by atoms with Crippen molar-refractivity contribution in [1.82, 2.24) is 0 Å². The SMILES string of the molecule is OC1CC(Oc2ccc(Cl)c(F)c2)C1. The minimum absolute atomic E-state index is 0.00516. The van der Waals surface area contributed by atoms with Crippen LogP contribution in [0.4, 0.5) is 4.39 Å². The molecule has 0 atom stereocenters. The summed E-state index contributed by atoms with van der Waals surface area (Å²) < 4.78 is 18.4. The molecule has 1 aliphatic rings. The molecule has 1 fully saturated rings. The number of halogens is 2. The van der Waals surface area contributed by atoms with Crippen LogP contribution in [-0.4, -0.2) is 17.3 Å². The summed E-state index contributed by atoms with van der Waals surface area (Å²) in [5, 5.41) is 9.11. The van der Waals surface area contributed by atoms with E-state index in [0.29, 0.717) is 18.6 Å². The average molecular weight is 217 g/mol. The van der Waals surface area contributed by atoms with Gasteiger partial charge in [-0.1, -0.05) is 11.6 Å². The van der Waals surface area contributed by atoms with E-state index < -0.39 is 5.82 Å². The molecule has 0 amide bonds. The van der Waals surface area contributed by atoms with Crippen molar-refractivity contribution in [3.63, 3.8) is 0 Å². The number of hydrogen-bond donors (Lipinski definition) is 1. The maximum atomic E-state index is 13.0. The van der Waals surface area contributed by atoms with Crippen molar-refractivity contribution in [3.8, 4) is 5.75 Å². The van der Waals surface area contributed by atoms with Crippen LogP contribution >= 0.6 is 11.6 Å². The summed E-state index contributed by atoms with van der Waals surface area (Å²) >= 11 is 5.52. The predicted octanol–water partition coefficient (Wildman–Crippen LogP) is 2.38. The Morgan fingerprint density at radius 3 is 2.71 bits per heavy atom. The second kappa shape index (κ2) is 3.75. The van der Waals surface area contributed by atoms with Gasteiger partial charge in [0.25, 0.3) is 0 Å². The molecular weight excluding hydrogens is 207 g/mol. The summed E-state index contributed by atoms with van der Waals surface area (Å²) in [6.45, 7) is 0. The fourth-order valence-corrected chi connectivity index (χ4v) is 1.49. The van der Waals surface area contributed by atoms with Gasteiger partial charge in [0.15, 0.2) is 0 Å². The molecule has 1 aromatic carbocycles. The molecule has 1 N–H and O–H groups in total. The van der Waals surface area contributed by atoms with Crippen molar-refractivity contribution in [1.29, 1.82) is 0 Å². The lowest BCUT2D eigenvalue weighted by Gasteiger charge is -2.31. The molecule has 0 saturated heterocycles. The molecule has 14 heavy (non-hydrogen) atoms. The van der Waals surface area contributed by atoms with Gasteiger partial charge in [0.2, 0.25) is 0 Å². The Kier molecular flexibility index (Phi) is 2.61. The van der Waals surface area contributed by atoms with Gasteiger partial charge in [-0.3, -0.25) is 0 Å². The van der Waals surface area contributed by atoms with E-state index in [2.05, 4.69) is 0 Å². The zero-order valence-corrected chi connectivity index (χ0v) is 8.17. The number of rotatable bonds is 2. The van der Waals surface area contributed by atoms with Crippen LogP contribution in [0.25, 0.3) is 0 Å². The van der Waals surface area contributed by atoms with Crippen molar-refractivity contribution in [3.05, 3.63) is 29.0 Å². The van der Waals surface area contributed by atoms with Gasteiger partial charge in [-0.15, -0.1) is 0 Å². The third kappa shape index (κ3) is 1.99. The Bertz CT molecular complexity index is 337. The van der Waals surface area contributed by atoms with Crippen molar-refractivity contribution < 1.29 is 14.2 Å². The molecule has 0 bridgehead atoms. The highest BCUT2D eigenvalue weighted by molar-refractivity contribution is 6.30. The molecule has 0 aliphatic heterocycles. The molecule has 0 unspecified atom stereocenters. The van der Waals surface area contributed by atoms with E-state index >= 15 is 0 Å².